The van der Waals surface area contributed by atoms with Crippen LogP contribution in [0.3, 0.4) is 0 Å². The number of rotatable bonds is 5. The maximum absolute atomic E-state index is 12.2. The number of nitrogens with zero attached hydrogens (tertiary/aromatic N) is 3. The molecule has 2 aromatic carbocycles. The van der Waals surface area contributed by atoms with Gasteiger partial charge in [-0.3, -0.25) is 0 Å². The van der Waals surface area contributed by atoms with Gasteiger partial charge in [-0.15, -0.1) is 0 Å². The number of carbonyl (C=O) groups excluding carboxylic acids is 1. The van der Waals surface area contributed by atoms with E-state index >= 15 is 0 Å². The number of carbonyl (C=O) groups is 1. The zero-order valence-electron chi connectivity index (χ0n) is 17.5. The van der Waals surface area contributed by atoms with E-state index in [2.05, 4.69) is 26.6 Å². The highest BCUT2D eigenvalue weighted by molar-refractivity contribution is 5.99. The van der Waals surface area contributed by atoms with E-state index in [0.29, 0.717) is 6.42 Å². The second-order valence-electron chi connectivity index (χ2n) is 7.80. The molecule has 2 amide bonds. The van der Waals surface area contributed by atoms with Crippen LogP contribution in [0.2, 0.25) is 0 Å². The summed E-state index contributed by atoms with van der Waals surface area (Å²) in [5, 5.41) is 5.70. The predicted molar refractivity (Wildman–Crippen MR) is 121 cm³/mol. The SMILES string of the molecule is Cc1ccc(NC(=O)Nc2ccc(Cc3nc(C)cc(N4CCCC4)n3)cc2)cc1. The van der Waals surface area contributed by atoms with Crippen LogP contribution in [0.1, 0.15) is 35.5 Å². The largest absolute Gasteiger partial charge is 0.357 e. The van der Waals surface area contributed by atoms with Crippen molar-refractivity contribution in [1.29, 1.82) is 0 Å². The van der Waals surface area contributed by atoms with Gasteiger partial charge >= 0.3 is 6.03 Å². The van der Waals surface area contributed by atoms with E-state index < -0.39 is 0 Å². The van der Waals surface area contributed by atoms with E-state index in [9.17, 15) is 4.79 Å². The summed E-state index contributed by atoms with van der Waals surface area (Å²) in [6.45, 7) is 6.17. The van der Waals surface area contributed by atoms with Gasteiger partial charge in [0.2, 0.25) is 0 Å². The summed E-state index contributed by atoms with van der Waals surface area (Å²) in [5.74, 6) is 1.86. The third-order valence-corrected chi connectivity index (χ3v) is 5.20. The molecule has 1 aliphatic rings. The van der Waals surface area contributed by atoms with Crippen LogP contribution in [0.25, 0.3) is 0 Å². The fourth-order valence-corrected chi connectivity index (χ4v) is 3.62. The van der Waals surface area contributed by atoms with Crippen LogP contribution in [-0.4, -0.2) is 29.1 Å². The highest BCUT2D eigenvalue weighted by Crippen LogP contribution is 2.20. The van der Waals surface area contributed by atoms with Gasteiger partial charge in [0.25, 0.3) is 0 Å². The third kappa shape index (κ3) is 5.14. The molecule has 6 nitrogen and oxygen atoms in total. The first-order valence-corrected chi connectivity index (χ1v) is 10.4. The van der Waals surface area contributed by atoms with Crippen molar-refractivity contribution in [2.45, 2.75) is 33.1 Å². The first kappa shape index (κ1) is 19.9. The van der Waals surface area contributed by atoms with Crippen LogP contribution < -0.4 is 15.5 Å². The van der Waals surface area contributed by atoms with E-state index in [0.717, 1.165) is 52.9 Å². The maximum Gasteiger partial charge on any atom is 0.323 e. The molecule has 1 aliphatic heterocycles. The Hall–Kier alpha value is -3.41. The molecule has 0 aliphatic carbocycles. The molecular formula is C24H27N5O. The molecule has 0 atom stereocenters. The average Bonchev–Trinajstić information content (AvgIpc) is 3.26. The Morgan fingerprint density at radius 2 is 1.50 bits per heavy atom. The van der Waals surface area contributed by atoms with Gasteiger partial charge in [0.15, 0.2) is 0 Å². The molecule has 0 saturated carbocycles. The average molecular weight is 402 g/mol. The Morgan fingerprint density at radius 1 is 0.900 bits per heavy atom. The summed E-state index contributed by atoms with van der Waals surface area (Å²) in [6, 6.07) is 17.3. The molecular weight excluding hydrogens is 374 g/mol. The van der Waals surface area contributed by atoms with Gasteiger partial charge in [0, 0.05) is 42.6 Å². The van der Waals surface area contributed by atoms with E-state index in [-0.39, 0.29) is 6.03 Å². The Kier molecular flexibility index (Phi) is 5.93. The van der Waals surface area contributed by atoms with Crippen molar-refractivity contribution in [2.24, 2.45) is 0 Å². The molecule has 1 saturated heterocycles. The molecule has 0 bridgehead atoms. The van der Waals surface area contributed by atoms with Crippen LogP contribution in [0.4, 0.5) is 22.0 Å². The summed E-state index contributed by atoms with van der Waals surface area (Å²) >= 11 is 0. The fourth-order valence-electron chi connectivity index (χ4n) is 3.62. The lowest BCUT2D eigenvalue weighted by Gasteiger charge is -2.17. The fraction of sp³-hybridized carbons (Fsp3) is 0.292. The van der Waals surface area contributed by atoms with Gasteiger partial charge in [0.05, 0.1) is 0 Å². The first-order chi connectivity index (χ1) is 14.5. The molecule has 4 rings (SSSR count). The van der Waals surface area contributed by atoms with Crippen molar-refractivity contribution < 1.29 is 4.79 Å². The van der Waals surface area contributed by atoms with Crippen LogP contribution in [0.15, 0.2) is 54.6 Å². The summed E-state index contributed by atoms with van der Waals surface area (Å²) in [5.41, 5.74) is 4.76. The number of anilines is 3. The lowest BCUT2D eigenvalue weighted by molar-refractivity contribution is 0.262. The predicted octanol–water partition coefficient (Wildman–Crippen LogP) is 4.93. The van der Waals surface area contributed by atoms with Crippen molar-refractivity contribution in [3.05, 3.63) is 77.2 Å². The molecule has 0 unspecified atom stereocenters. The molecule has 3 aromatic rings. The number of amides is 2. The summed E-state index contributed by atoms with van der Waals surface area (Å²) in [6.07, 6.45) is 3.12. The molecule has 0 spiro atoms. The normalized spacial score (nSPS) is 13.3. The minimum atomic E-state index is -0.260. The number of hydrogen-bond donors (Lipinski definition) is 2. The number of aromatic nitrogens is 2. The number of urea groups is 1. The topological polar surface area (TPSA) is 70.2 Å². The van der Waals surface area contributed by atoms with Crippen LogP contribution in [0.5, 0.6) is 0 Å². The summed E-state index contributed by atoms with van der Waals surface area (Å²) < 4.78 is 0. The first-order valence-electron chi connectivity index (χ1n) is 10.4. The lowest BCUT2D eigenvalue weighted by Crippen LogP contribution is -2.20. The van der Waals surface area contributed by atoms with Crippen molar-refractivity contribution in [3.8, 4) is 0 Å². The lowest BCUT2D eigenvalue weighted by atomic mass is 10.1. The van der Waals surface area contributed by atoms with E-state index in [1.165, 1.54) is 12.8 Å². The van der Waals surface area contributed by atoms with Gasteiger partial charge in [0.1, 0.15) is 11.6 Å². The van der Waals surface area contributed by atoms with E-state index in [1.807, 2.05) is 62.4 Å². The quantitative estimate of drug-likeness (QED) is 0.636. The highest BCUT2D eigenvalue weighted by atomic mass is 16.2. The molecule has 2 N–H and O–H groups in total. The number of benzene rings is 2. The van der Waals surface area contributed by atoms with Crippen molar-refractivity contribution in [3.63, 3.8) is 0 Å². The highest BCUT2D eigenvalue weighted by Gasteiger charge is 2.15. The van der Waals surface area contributed by atoms with Gasteiger partial charge < -0.3 is 15.5 Å². The minimum absolute atomic E-state index is 0.260. The Labute approximate surface area is 177 Å². The van der Waals surface area contributed by atoms with Crippen molar-refractivity contribution in [2.75, 3.05) is 28.6 Å². The van der Waals surface area contributed by atoms with E-state index in [4.69, 9.17) is 4.98 Å². The van der Waals surface area contributed by atoms with Crippen LogP contribution >= 0.6 is 0 Å². The Balaban J connectivity index is 1.37. The summed E-state index contributed by atoms with van der Waals surface area (Å²) in [4.78, 5) is 23.9. The van der Waals surface area contributed by atoms with Crippen molar-refractivity contribution >= 4 is 23.2 Å². The summed E-state index contributed by atoms with van der Waals surface area (Å²) in [7, 11) is 0. The number of hydrogen-bond acceptors (Lipinski definition) is 4. The third-order valence-electron chi connectivity index (χ3n) is 5.20. The number of nitrogens with one attached hydrogen (secondary N) is 2. The smallest absolute Gasteiger partial charge is 0.323 e. The zero-order chi connectivity index (χ0) is 20.9. The standard InChI is InChI=1S/C24H27N5O/c1-17-5-9-20(10-6-17)26-24(30)27-21-11-7-19(8-12-21)16-22-25-18(2)15-23(28-22)29-13-3-4-14-29/h5-12,15H,3-4,13-14,16H2,1-2H3,(H2,26,27,30). The van der Waals surface area contributed by atoms with Crippen LogP contribution in [0, 0.1) is 13.8 Å². The molecule has 1 fully saturated rings. The molecule has 2 heterocycles. The second kappa shape index (κ2) is 8.95. The van der Waals surface area contributed by atoms with Gasteiger partial charge in [-0.05, 0) is 56.5 Å². The monoisotopic (exact) mass is 401 g/mol. The molecule has 6 heteroatoms. The van der Waals surface area contributed by atoms with Gasteiger partial charge in [-0.1, -0.05) is 29.8 Å². The van der Waals surface area contributed by atoms with Crippen LogP contribution in [-0.2, 0) is 6.42 Å². The van der Waals surface area contributed by atoms with E-state index in [1.54, 1.807) is 0 Å². The zero-order valence-corrected chi connectivity index (χ0v) is 17.5. The van der Waals surface area contributed by atoms with Gasteiger partial charge in [-0.2, -0.15) is 0 Å². The second-order valence-corrected chi connectivity index (χ2v) is 7.80. The minimum Gasteiger partial charge on any atom is -0.357 e. The van der Waals surface area contributed by atoms with Gasteiger partial charge in [-0.25, -0.2) is 14.8 Å². The Bertz CT molecular complexity index is 1010. The van der Waals surface area contributed by atoms with Crippen molar-refractivity contribution in [1.82, 2.24) is 9.97 Å². The molecule has 154 valence electrons. The maximum atomic E-state index is 12.2. The number of aryl methyl sites for hydroxylation is 2. The Morgan fingerprint density at radius 3 is 2.13 bits per heavy atom. The molecule has 1 aromatic heterocycles. The molecule has 0 radical (unpaired) electrons. The molecule has 30 heavy (non-hydrogen) atoms.